The van der Waals surface area contributed by atoms with Crippen LogP contribution in [0.25, 0.3) is 0 Å². The van der Waals surface area contributed by atoms with Crippen LogP contribution in [-0.4, -0.2) is 5.78 Å². The summed E-state index contributed by atoms with van der Waals surface area (Å²) in [4.78, 5) is 12.1. The molecule has 0 atom stereocenters. The van der Waals surface area contributed by atoms with E-state index in [9.17, 15) is 22.4 Å². The van der Waals surface area contributed by atoms with E-state index in [1.165, 1.54) is 0 Å². The topological polar surface area (TPSA) is 17.1 Å². The van der Waals surface area contributed by atoms with Gasteiger partial charge < -0.3 is 0 Å². The minimum absolute atomic E-state index is 0.156. The molecule has 0 fully saturated rings. The van der Waals surface area contributed by atoms with E-state index in [-0.39, 0.29) is 12.0 Å². The Labute approximate surface area is 124 Å². The summed E-state index contributed by atoms with van der Waals surface area (Å²) in [5, 5.41) is 0. The van der Waals surface area contributed by atoms with Crippen LogP contribution in [0.4, 0.5) is 17.6 Å². The van der Waals surface area contributed by atoms with Crippen LogP contribution in [-0.2, 0) is 12.6 Å². The van der Waals surface area contributed by atoms with Crippen LogP contribution in [0.5, 0.6) is 0 Å². The molecule has 112 valence electrons. The Morgan fingerprint density at radius 2 is 1.86 bits per heavy atom. The van der Waals surface area contributed by atoms with E-state index >= 15 is 0 Å². The molecule has 2 aromatic rings. The van der Waals surface area contributed by atoms with Gasteiger partial charge in [-0.1, -0.05) is 18.1 Å². The second-order valence-electron chi connectivity index (χ2n) is 4.67. The van der Waals surface area contributed by atoms with Crippen LogP contribution in [0.1, 0.15) is 27.0 Å². The molecule has 0 aromatic heterocycles. The zero-order chi connectivity index (χ0) is 16.3. The van der Waals surface area contributed by atoms with Gasteiger partial charge in [0, 0.05) is 17.5 Å². The van der Waals surface area contributed by atoms with Gasteiger partial charge >= 0.3 is 6.18 Å². The molecule has 1 nitrogen and oxygen atoms in total. The number of carbonyl (C=O) groups is 1. The van der Waals surface area contributed by atoms with Crippen LogP contribution in [0, 0.1) is 18.2 Å². The minimum atomic E-state index is -4.71. The molecule has 0 bridgehead atoms. The van der Waals surface area contributed by atoms with Gasteiger partial charge in [0.1, 0.15) is 5.82 Å². The maximum Gasteiger partial charge on any atom is 0.416 e. The van der Waals surface area contributed by atoms with E-state index in [1.54, 1.807) is 24.3 Å². The average Bonchev–Trinajstić information content (AvgIpc) is 2.46. The fraction of sp³-hybridized carbons (Fsp3) is 0.118. The van der Waals surface area contributed by atoms with E-state index in [0.717, 1.165) is 6.07 Å². The van der Waals surface area contributed by atoms with Crippen molar-refractivity contribution >= 4 is 5.78 Å². The maximum absolute atomic E-state index is 13.3. The predicted octanol–water partition coefficient (Wildman–Crippen LogP) is 4.25. The zero-order valence-corrected chi connectivity index (χ0v) is 11.2. The highest BCUT2D eigenvalue weighted by molar-refractivity contribution is 5.97. The van der Waals surface area contributed by atoms with Crippen molar-refractivity contribution in [3.05, 3.63) is 70.5 Å². The molecular weight excluding hydrogens is 296 g/mol. The highest BCUT2D eigenvalue weighted by atomic mass is 19.4. The quantitative estimate of drug-likeness (QED) is 0.471. The smallest absolute Gasteiger partial charge is 0.294 e. The van der Waals surface area contributed by atoms with Crippen molar-refractivity contribution in [1.29, 1.82) is 0 Å². The van der Waals surface area contributed by atoms with Gasteiger partial charge in [0.25, 0.3) is 0 Å². The third kappa shape index (κ3) is 3.73. The fourth-order valence-electron chi connectivity index (χ4n) is 1.97. The van der Waals surface area contributed by atoms with E-state index in [0.29, 0.717) is 23.3 Å². The Morgan fingerprint density at radius 1 is 1.14 bits per heavy atom. The van der Waals surface area contributed by atoms with Crippen LogP contribution in [0.2, 0.25) is 0 Å². The lowest BCUT2D eigenvalue weighted by Crippen LogP contribution is -2.10. The molecule has 5 heteroatoms. The summed E-state index contributed by atoms with van der Waals surface area (Å²) in [6.45, 7) is 0. The maximum atomic E-state index is 13.3. The van der Waals surface area contributed by atoms with E-state index < -0.39 is 23.3 Å². The molecule has 0 amide bonds. The van der Waals surface area contributed by atoms with Crippen molar-refractivity contribution in [2.75, 3.05) is 0 Å². The van der Waals surface area contributed by atoms with Gasteiger partial charge in [-0.05, 0) is 35.9 Å². The number of Topliss-reactive ketones (excluding diaryl/α,β-unsaturated/α-hetero) is 1. The molecular formula is C17H10F4O. The number of alkyl halides is 3. The number of rotatable bonds is 3. The summed E-state index contributed by atoms with van der Waals surface area (Å²) in [7, 11) is 0. The first-order valence-corrected chi connectivity index (χ1v) is 6.26. The summed E-state index contributed by atoms with van der Waals surface area (Å²) in [6.07, 6.45) is 0.374. The molecule has 0 spiro atoms. The molecule has 0 radical (unpaired) electrons. The van der Waals surface area contributed by atoms with Crippen LogP contribution < -0.4 is 0 Å². The minimum Gasteiger partial charge on any atom is -0.294 e. The predicted molar refractivity (Wildman–Crippen MR) is 73.8 cm³/mol. The van der Waals surface area contributed by atoms with Crippen molar-refractivity contribution in [2.45, 2.75) is 12.6 Å². The van der Waals surface area contributed by atoms with Gasteiger partial charge in [-0.15, -0.1) is 6.42 Å². The van der Waals surface area contributed by atoms with E-state index in [2.05, 4.69) is 5.92 Å². The SMILES string of the molecule is C#Cc1cccc(CC(=O)c2cc(F)cc(C(F)(F)F)c2)c1. The largest absolute Gasteiger partial charge is 0.416 e. The Bertz CT molecular complexity index is 754. The Balaban J connectivity index is 2.30. The first-order valence-electron chi connectivity index (χ1n) is 6.26. The van der Waals surface area contributed by atoms with Crippen LogP contribution >= 0.6 is 0 Å². The fourth-order valence-corrected chi connectivity index (χ4v) is 1.97. The molecule has 0 saturated heterocycles. The van der Waals surface area contributed by atoms with Crippen molar-refractivity contribution in [3.8, 4) is 12.3 Å². The summed E-state index contributed by atoms with van der Waals surface area (Å²) in [6, 6.07) is 8.32. The number of ketones is 1. The average molecular weight is 306 g/mol. The van der Waals surface area contributed by atoms with Crippen molar-refractivity contribution in [1.82, 2.24) is 0 Å². The van der Waals surface area contributed by atoms with Crippen molar-refractivity contribution in [3.63, 3.8) is 0 Å². The van der Waals surface area contributed by atoms with Gasteiger partial charge in [0.2, 0.25) is 0 Å². The monoisotopic (exact) mass is 306 g/mol. The summed E-state index contributed by atoms with van der Waals surface area (Å²) < 4.78 is 51.2. The molecule has 2 rings (SSSR count). The molecule has 2 aromatic carbocycles. The van der Waals surface area contributed by atoms with Gasteiger partial charge in [0.15, 0.2) is 5.78 Å². The Morgan fingerprint density at radius 3 is 2.50 bits per heavy atom. The molecule has 0 N–H and O–H groups in total. The highest BCUT2D eigenvalue weighted by Crippen LogP contribution is 2.30. The molecule has 0 aliphatic rings. The molecule has 22 heavy (non-hydrogen) atoms. The second kappa shape index (κ2) is 6.02. The van der Waals surface area contributed by atoms with Crippen LogP contribution in [0.15, 0.2) is 42.5 Å². The summed E-state index contributed by atoms with van der Waals surface area (Å²) in [5.41, 5.74) is -0.398. The summed E-state index contributed by atoms with van der Waals surface area (Å²) >= 11 is 0. The molecule has 0 aliphatic carbocycles. The van der Waals surface area contributed by atoms with Crippen molar-refractivity contribution in [2.24, 2.45) is 0 Å². The number of benzene rings is 2. The Kier molecular flexibility index (Phi) is 4.32. The Hall–Kier alpha value is -2.61. The van der Waals surface area contributed by atoms with Gasteiger partial charge in [-0.3, -0.25) is 4.79 Å². The first kappa shape index (κ1) is 15.8. The molecule has 0 heterocycles. The third-order valence-electron chi connectivity index (χ3n) is 3.01. The lowest BCUT2D eigenvalue weighted by atomic mass is 10.00. The van der Waals surface area contributed by atoms with Gasteiger partial charge in [-0.2, -0.15) is 13.2 Å². The number of carbonyl (C=O) groups excluding carboxylic acids is 1. The first-order chi connectivity index (χ1) is 10.3. The van der Waals surface area contributed by atoms with Crippen molar-refractivity contribution < 1.29 is 22.4 Å². The standard InChI is InChI=1S/C17H10F4O/c1-2-11-4-3-5-12(6-11)7-16(22)13-8-14(17(19,20)21)10-15(18)9-13/h1,3-6,8-10H,7H2. The molecule has 0 saturated carbocycles. The normalized spacial score (nSPS) is 11.0. The van der Waals surface area contributed by atoms with E-state index in [1.807, 2.05) is 0 Å². The van der Waals surface area contributed by atoms with Gasteiger partial charge in [-0.25, -0.2) is 4.39 Å². The number of hydrogen-bond donors (Lipinski definition) is 0. The molecule has 0 unspecified atom stereocenters. The highest BCUT2D eigenvalue weighted by Gasteiger charge is 2.31. The second-order valence-corrected chi connectivity index (χ2v) is 4.67. The number of terminal acetylenes is 1. The zero-order valence-electron chi connectivity index (χ0n) is 11.2. The summed E-state index contributed by atoms with van der Waals surface area (Å²) in [5.74, 6) is 0.685. The molecule has 0 aliphatic heterocycles. The number of hydrogen-bond acceptors (Lipinski definition) is 1. The van der Waals surface area contributed by atoms with Gasteiger partial charge in [0.05, 0.1) is 5.56 Å². The lowest BCUT2D eigenvalue weighted by Gasteiger charge is -2.09. The number of halogens is 4. The third-order valence-corrected chi connectivity index (χ3v) is 3.01. The van der Waals surface area contributed by atoms with E-state index in [4.69, 9.17) is 6.42 Å². The van der Waals surface area contributed by atoms with Crippen LogP contribution in [0.3, 0.4) is 0 Å². The lowest BCUT2D eigenvalue weighted by molar-refractivity contribution is -0.137.